The summed E-state index contributed by atoms with van der Waals surface area (Å²) in [7, 11) is 0.0630. The fourth-order valence-electron chi connectivity index (χ4n) is 4.95. The van der Waals surface area contributed by atoms with Gasteiger partial charge in [0.15, 0.2) is 11.5 Å². The van der Waals surface area contributed by atoms with Crippen molar-refractivity contribution in [1.29, 1.82) is 0 Å². The number of aryl methyl sites for hydroxylation is 1. The first-order valence-corrected chi connectivity index (χ1v) is 15.4. The van der Waals surface area contributed by atoms with Crippen LogP contribution in [0, 0.1) is 0 Å². The lowest BCUT2D eigenvalue weighted by atomic mass is 10.1. The number of carbonyl (C=O) groups excluding carboxylic acids is 2. The Morgan fingerprint density at radius 2 is 1.78 bits per heavy atom. The summed E-state index contributed by atoms with van der Waals surface area (Å²) in [6.07, 6.45) is 3.42. The number of para-hydroxylation sites is 1. The number of rotatable bonds is 10. The fourth-order valence-corrected chi connectivity index (χ4v) is 5.78. The first-order chi connectivity index (χ1) is 19.6. The lowest BCUT2D eigenvalue weighted by Crippen LogP contribution is -2.50. The monoisotopic (exact) mass is 581 g/mol. The van der Waals surface area contributed by atoms with E-state index in [4.69, 9.17) is 9.47 Å². The van der Waals surface area contributed by atoms with E-state index in [9.17, 15) is 18.0 Å². The Labute approximate surface area is 240 Å². The van der Waals surface area contributed by atoms with Gasteiger partial charge in [0, 0.05) is 56.8 Å². The van der Waals surface area contributed by atoms with Gasteiger partial charge in [0.25, 0.3) is 11.8 Å². The van der Waals surface area contributed by atoms with Crippen LogP contribution >= 0.6 is 0 Å². The summed E-state index contributed by atoms with van der Waals surface area (Å²) in [5, 5.41) is 7.42. The molecule has 2 fully saturated rings. The topological polar surface area (TPSA) is 123 Å². The molecule has 2 amide bonds. The molecule has 11 nitrogen and oxygen atoms in total. The van der Waals surface area contributed by atoms with E-state index < -0.39 is 10.0 Å². The summed E-state index contributed by atoms with van der Waals surface area (Å²) in [6, 6.07) is 14.6. The molecule has 1 aromatic heterocycles. The summed E-state index contributed by atoms with van der Waals surface area (Å²) in [4.78, 5) is 27.6. The van der Waals surface area contributed by atoms with Crippen LogP contribution in [0.5, 0.6) is 11.5 Å². The lowest BCUT2D eigenvalue weighted by Gasteiger charge is -2.33. The smallest absolute Gasteiger partial charge is 0.269 e. The van der Waals surface area contributed by atoms with Crippen molar-refractivity contribution in [1.82, 2.24) is 24.3 Å². The highest BCUT2D eigenvalue weighted by Crippen LogP contribution is 2.39. The predicted molar refractivity (Wildman–Crippen MR) is 152 cm³/mol. The number of piperazine rings is 1. The first kappa shape index (κ1) is 28.6. The van der Waals surface area contributed by atoms with Crippen LogP contribution in [-0.2, 0) is 30.2 Å². The minimum absolute atomic E-state index is 0.145. The number of sulfonamides is 1. The van der Waals surface area contributed by atoms with E-state index in [0.29, 0.717) is 41.8 Å². The maximum atomic E-state index is 13.1. The van der Waals surface area contributed by atoms with E-state index in [-0.39, 0.29) is 38.1 Å². The van der Waals surface area contributed by atoms with E-state index in [1.54, 1.807) is 48.0 Å². The summed E-state index contributed by atoms with van der Waals surface area (Å²) < 4.78 is 38.3. The summed E-state index contributed by atoms with van der Waals surface area (Å²) in [5.74, 6) is 1.15. The number of ether oxygens (including phenoxy) is 2. The van der Waals surface area contributed by atoms with Crippen LogP contribution in [0.2, 0.25) is 0 Å². The van der Waals surface area contributed by atoms with E-state index in [0.717, 1.165) is 29.7 Å². The third-order valence-electron chi connectivity index (χ3n) is 7.39. The number of hydrogen-bond donors (Lipinski definition) is 1. The number of nitrogens with zero attached hydrogens (tertiary/aromatic N) is 4. The first-order valence-electron chi connectivity index (χ1n) is 13.6. The van der Waals surface area contributed by atoms with Gasteiger partial charge in [0.05, 0.1) is 19.1 Å². The number of aromatic nitrogens is 2. The molecular formula is C29H35N5O6S. The van der Waals surface area contributed by atoms with Crippen molar-refractivity contribution in [3.05, 3.63) is 76.6 Å². The van der Waals surface area contributed by atoms with Gasteiger partial charge in [-0.2, -0.15) is 9.40 Å². The number of nitrogens with one attached hydrogen (secondary N) is 1. The second kappa shape index (κ2) is 11.9. The van der Waals surface area contributed by atoms with E-state index in [2.05, 4.69) is 10.4 Å². The van der Waals surface area contributed by atoms with E-state index >= 15 is 0 Å². The summed E-state index contributed by atoms with van der Waals surface area (Å²) >= 11 is 0. The molecule has 41 heavy (non-hydrogen) atoms. The average molecular weight is 582 g/mol. The minimum atomic E-state index is -3.27. The summed E-state index contributed by atoms with van der Waals surface area (Å²) in [6.45, 7) is 1.71. The average Bonchev–Trinajstić information content (AvgIpc) is 3.75. The molecule has 2 heterocycles. The van der Waals surface area contributed by atoms with Gasteiger partial charge in [-0.1, -0.05) is 24.3 Å². The molecule has 1 saturated carbocycles. The number of hydrogen-bond acceptors (Lipinski definition) is 7. The number of methoxy groups -OCH3 is 1. The number of carbonyl (C=O) groups is 2. The maximum absolute atomic E-state index is 13.1. The van der Waals surface area contributed by atoms with Gasteiger partial charge in [-0.3, -0.25) is 14.3 Å². The van der Waals surface area contributed by atoms with Gasteiger partial charge in [-0.05, 0) is 42.7 Å². The predicted octanol–water partition coefficient (Wildman–Crippen LogP) is 2.53. The Bertz CT molecular complexity index is 1540. The van der Waals surface area contributed by atoms with Crippen molar-refractivity contribution in [2.45, 2.75) is 31.9 Å². The SMILES string of the molecule is COc1c(CNC(=O)c2cc(C3CC3)nn2C)cccc1OCc1cccc(C(=O)N2CCN(S(C)(=O)=O)CC2)c1. The Hall–Kier alpha value is -3.90. The van der Waals surface area contributed by atoms with E-state index in [1.807, 2.05) is 24.3 Å². The van der Waals surface area contributed by atoms with Crippen molar-refractivity contribution in [2.24, 2.45) is 7.05 Å². The standard InChI is InChI=1S/C29H35N5O6S/c1-32-25(17-24(31-32)21-10-11-21)28(35)30-18-23-8-5-9-26(27(23)39-2)40-19-20-6-4-7-22(16-20)29(36)33-12-14-34(15-13-33)41(3,37)38/h4-9,16-17,21H,10-15,18-19H2,1-3H3,(H,30,35). The molecule has 0 radical (unpaired) electrons. The highest BCUT2D eigenvalue weighted by Gasteiger charge is 2.28. The molecule has 12 heteroatoms. The zero-order valence-electron chi connectivity index (χ0n) is 23.5. The van der Waals surface area contributed by atoms with Gasteiger partial charge >= 0.3 is 0 Å². The van der Waals surface area contributed by atoms with Crippen molar-refractivity contribution in [3.8, 4) is 11.5 Å². The molecule has 2 aliphatic rings. The van der Waals surface area contributed by atoms with Crippen LogP contribution < -0.4 is 14.8 Å². The van der Waals surface area contributed by atoms with Crippen LogP contribution in [0.15, 0.2) is 48.5 Å². The number of benzene rings is 2. The highest BCUT2D eigenvalue weighted by molar-refractivity contribution is 7.88. The molecule has 0 bridgehead atoms. The second-order valence-corrected chi connectivity index (χ2v) is 12.4. The fraction of sp³-hybridized carbons (Fsp3) is 0.414. The number of amides is 2. The van der Waals surface area contributed by atoms with Crippen LogP contribution in [0.1, 0.15) is 56.4 Å². The summed E-state index contributed by atoms with van der Waals surface area (Å²) in [5.41, 5.74) is 3.56. The molecule has 1 aliphatic carbocycles. The normalized spacial score (nSPS) is 15.9. The van der Waals surface area contributed by atoms with Crippen LogP contribution in [0.3, 0.4) is 0 Å². The van der Waals surface area contributed by atoms with Gasteiger partial charge < -0.3 is 19.7 Å². The zero-order chi connectivity index (χ0) is 29.1. The third-order valence-corrected chi connectivity index (χ3v) is 8.70. The van der Waals surface area contributed by atoms with Crippen molar-refractivity contribution < 1.29 is 27.5 Å². The van der Waals surface area contributed by atoms with Crippen LogP contribution in [0.25, 0.3) is 0 Å². The highest BCUT2D eigenvalue weighted by atomic mass is 32.2. The molecule has 218 valence electrons. The molecule has 1 aliphatic heterocycles. The Balaban J connectivity index is 1.20. The molecule has 5 rings (SSSR count). The van der Waals surface area contributed by atoms with Crippen molar-refractivity contribution >= 4 is 21.8 Å². The largest absolute Gasteiger partial charge is 0.493 e. The van der Waals surface area contributed by atoms with Gasteiger partial charge in [-0.15, -0.1) is 0 Å². The van der Waals surface area contributed by atoms with Gasteiger partial charge in [0.1, 0.15) is 12.3 Å². The minimum Gasteiger partial charge on any atom is -0.493 e. The lowest BCUT2D eigenvalue weighted by molar-refractivity contribution is 0.0698. The zero-order valence-corrected chi connectivity index (χ0v) is 24.3. The van der Waals surface area contributed by atoms with Crippen LogP contribution in [-0.4, -0.2) is 78.8 Å². The van der Waals surface area contributed by atoms with Crippen molar-refractivity contribution in [2.75, 3.05) is 39.5 Å². The molecule has 1 saturated heterocycles. The van der Waals surface area contributed by atoms with Gasteiger partial charge in [0.2, 0.25) is 10.0 Å². The second-order valence-electron chi connectivity index (χ2n) is 10.4. The Morgan fingerprint density at radius 1 is 1.05 bits per heavy atom. The maximum Gasteiger partial charge on any atom is 0.269 e. The molecule has 3 aromatic rings. The third kappa shape index (κ3) is 6.71. The molecule has 0 atom stereocenters. The van der Waals surface area contributed by atoms with E-state index in [1.165, 1.54) is 10.6 Å². The Morgan fingerprint density at radius 3 is 2.46 bits per heavy atom. The molecular weight excluding hydrogens is 546 g/mol. The van der Waals surface area contributed by atoms with Crippen molar-refractivity contribution in [3.63, 3.8) is 0 Å². The molecule has 0 unspecified atom stereocenters. The molecule has 2 aromatic carbocycles. The molecule has 1 N–H and O–H groups in total. The van der Waals surface area contributed by atoms with Crippen LogP contribution in [0.4, 0.5) is 0 Å². The quantitative estimate of drug-likeness (QED) is 0.390. The Kier molecular flexibility index (Phi) is 8.32. The van der Waals surface area contributed by atoms with Gasteiger partial charge in [-0.25, -0.2) is 8.42 Å². The molecule has 0 spiro atoms.